The number of carbonyl (C=O) groups excluding carboxylic acids is 1. The van der Waals surface area contributed by atoms with E-state index in [-0.39, 0.29) is 5.82 Å². The van der Waals surface area contributed by atoms with E-state index in [0.717, 1.165) is 5.56 Å². The van der Waals surface area contributed by atoms with Crippen molar-refractivity contribution < 1.29 is 13.9 Å². The maximum Gasteiger partial charge on any atom is 0.266 e. The van der Waals surface area contributed by atoms with Gasteiger partial charge >= 0.3 is 0 Å². The maximum absolute atomic E-state index is 13.1. The number of alkyl halides is 2. The topological polar surface area (TPSA) is 29.5 Å². The van der Waals surface area contributed by atoms with Crippen LogP contribution in [0.3, 0.4) is 0 Å². The second kappa shape index (κ2) is 5.45. The predicted molar refractivity (Wildman–Crippen MR) is 84.1 cm³/mol. The van der Waals surface area contributed by atoms with E-state index < -0.39 is 16.3 Å². The van der Waals surface area contributed by atoms with Crippen LogP contribution in [-0.4, -0.2) is 17.4 Å². The third-order valence-corrected chi connectivity index (χ3v) is 4.38. The molecule has 0 saturated carbocycles. The average Bonchev–Trinajstić information content (AvgIpc) is 2.53. The van der Waals surface area contributed by atoms with Crippen LogP contribution in [-0.2, 0) is 4.79 Å². The summed E-state index contributed by atoms with van der Waals surface area (Å²) in [6, 6.07) is 12.2. The van der Waals surface area contributed by atoms with Crippen molar-refractivity contribution in [2.75, 3.05) is 12.0 Å². The monoisotopic (exact) mass is 339 g/mol. The number of nitrogens with zero attached hydrogens (tertiary/aromatic N) is 1. The SMILES string of the molecule is COc1ccc(C2N(c3ccc(F)cc3)C(=O)C2(Cl)Cl)cc1. The molecule has 1 heterocycles. The Morgan fingerprint density at radius 3 is 2.23 bits per heavy atom. The molecule has 1 aliphatic heterocycles. The molecule has 22 heavy (non-hydrogen) atoms. The lowest BCUT2D eigenvalue weighted by Gasteiger charge is -2.49. The normalized spacial score (nSPS) is 19.7. The Labute approximate surface area is 137 Å². The summed E-state index contributed by atoms with van der Waals surface area (Å²) in [5.74, 6) is -0.110. The van der Waals surface area contributed by atoms with Crippen molar-refractivity contribution in [3.8, 4) is 5.75 Å². The minimum absolute atomic E-state index is 0.374. The van der Waals surface area contributed by atoms with Gasteiger partial charge < -0.3 is 4.74 Å². The minimum atomic E-state index is -1.54. The molecular formula is C16H12Cl2FNO2. The molecule has 0 aliphatic carbocycles. The molecule has 2 aromatic rings. The third-order valence-electron chi connectivity index (χ3n) is 3.64. The van der Waals surface area contributed by atoms with Crippen molar-refractivity contribution >= 4 is 34.8 Å². The van der Waals surface area contributed by atoms with Crippen LogP contribution in [0, 0.1) is 5.82 Å². The van der Waals surface area contributed by atoms with Gasteiger partial charge in [0, 0.05) is 5.69 Å². The third kappa shape index (κ3) is 2.32. The largest absolute Gasteiger partial charge is 0.497 e. The molecule has 6 heteroatoms. The molecule has 1 amide bonds. The predicted octanol–water partition coefficient (Wildman–Crippen LogP) is 4.10. The van der Waals surface area contributed by atoms with Crippen molar-refractivity contribution in [2.45, 2.75) is 10.4 Å². The molecule has 0 bridgehead atoms. The Balaban J connectivity index is 1.98. The van der Waals surface area contributed by atoms with E-state index in [0.29, 0.717) is 11.4 Å². The van der Waals surface area contributed by atoms with Crippen molar-refractivity contribution in [3.63, 3.8) is 0 Å². The first-order valence-corrected chi connectivity index (χ1v) is 7.31. The van der Waals surface area contributed by atoms with Gasteiger partial charge in [-0.1, -0.05) is 35.3 Å². The molecule has 2 aromatic carbocycles. The highest BCUT2D eigenvalue weighted by molar-refractivity contribution is 6.62. The van der Waals surface area contributed by atoms with Gasteiger partial charge in [-0.2, -0.15) is 0 Å². The average molecular weight is 340 g/mol. The van der Waals surface area contributed by atoms with E-state index in [4.69, 9.17) is 27.9 Å². The lowest BCUT2D eigenvalue weighted by Crippen LogP contribution is -2.62. The van der Waals surface area contributed by atoms with Gasteiger partial charge in [-0.3, -0.25) is 9.69 Å². The summed E-state index contributed by atoms with van der Waals surface area (Å²) in [5, 5.41) is 0. The van der Waals surface area contributed by atoms with Gasteiger partial charge in [0.1, 0.15) is 17.6 Å². The van der Waals surface area contributed by atoms with Crippen LogP contribution in [0.15, 0.2) is 48.5 Å². The molecule has 1 unspecified atom stereocenters. The Kier molecular flexibility index (Phi) is 3.75. The number of amides is 1. The summed E-state index contributed by atoms with van der Waals surface area (Å²) in [4.78, 5) is 13.7. The van der Waals surface area contributed by atoms with E-state index in [2.05, 4.69) is 0 Å². The number of rotatable bonds is 3. The lowest BCUT2D eigenvalue weighted by atomic mass is 9.91. The molecule has 0 spiro atoms. The Morgan fingerprint density at radius 2 is 1.68 bits per heavy atom. The summed E-state index contributed by atoms with van der Waals surface area (Å²) >= 11 is 12.3. The van der Waals surface area contributed by atoms with Crippen LogP contribution in [0.2, 0.25) is 0 Å². The maximum atomic E-state index is 13.1. The Morgan fingerprint density at radius 1 is 1.09 bits per heavy atom. The van der Waals surface area contributed by atoms with E-state index in [1.54, 1.807) is 31.4 Å². The van der Waals surface area contributed by atoms with Crippen molar-refractivity contribution in [3.05, 3.63) is 59.9 Å². The minimum Gasteiger partial charge on any atom is -0.497 e. The molecular weight excluding hydrogens is 328 g/mol. The van der Waals surface area contributed by atoms with Crippen LogP contribution >= 0.6 is 23.2 Å². The summed E-state index contributed by atoms with van der Waals surface area (Å²) in [5.41, 5.74) is 1.32. The first-order chi connectivity index (χ1) is 10.4. The molecule has 1 saturated heterocycles. The van der Waals surface area contributed by atoms with Crippen LogP contribution in [0.1, 0.15) is 11.6 Å². The zero-order valence-electron chi connectivity index (χ0n) is 11.6. The highest BCUT2D eigenvalue weighted by Crippen LogP contribution is 2.52. The molecule has 0 aromatic heterocycles. The zero-order chi connectivity index (χ0) is 15.9. The Hall–Kier alpha value is -1.78. The van der Waals surface area contributed by atoms with E-state index >= 15 is 0 Å². The van der Waals surface area contributed by atoms with E-state index in [1.165, 1.54) is 29.2 Å². The number of halogens is 3. The quantitative estimate of drug-likeness (QED) is 0.622. The number of methoxy groups -OCH3 is 1. The van der Waals surface area contributed by atoms with Gasteiger partial charge in [-0.15, -0.1) is 0 Å². The molecule has 114 valence electrons. The highest BCUT2D eigenvalue weighted by atomic mass is 35.5. The van der Waals surface area contributed by atoms with Gasteiger partial charge in [0.05, 0.1) is 7.11 Å². The fourth-order valence-electron chi connectivity index (χ4n) is 2.50. The summed E-state index contributed by atoms with van der Waals surface area (Å²) in [6.45, 7) is 0. The lowest BCUT2D eigenvalue weighted by molar-refractivity contribution is -0.125. The second-order valence-corrected chi connectivity index (χ2v) is 6.34. The van der Waals surface area contributed by atoms with Gasteiger partial charge in [-0.25, -0.2) is 4.39 Å². The summed E-state index contributed by atoms with van der Waals surface area (Å²) in [6.07, 6.45) is 0. The van der Waals surface area contributed by atoms with Gasteiger partial charge in [0.25, 0.3) is 5.91 Å². The second-order valence-electron chi connectivity index (χ2n) is 4.95. The van der Waals surface area contributed by atoms with Crippen molar-refractivity contribution in [2.24, 2.45) is 0 Å². The van der Waals surface area contributed by atoms with E-state index in [9.17, 15) is 9.18 Å². The smallest absolute Gasteiger partial charge is 0.266 e. The molecule has 0 radical (unpaired) electrons. The highest BCUT2D eigenvalue weighted by Gasteiger charge is 2.60. The number of carbonyl (C=O) groups is 1. The first-order valence-electron chi connectivity index (χ1n) is 6.56. The Bertz CT molecular complexity index is 701. The van der Waals surface area contributed by atoms with Crippen molar-refractivity contribution in [1.29, 1.82) is 0 Å². The summed E-state index contributed by atoms with van der Waals surface area (Å²) < 4.78 is 16.6. The molecule has 1 aliphatic rings. The van der Waals surface area contributed by atoms with Gasteiger partial charge in [-0.05, 0) is 42.0 Å². The van der Waals surface area contributed by atoms with Crippen LogP contribution in [0.25, 0.3) is 0 Å². The standard InChI is InChI=1S/C16H12Cl2FNO2/c1-22-13-8-2-10(3-9-13)14-16(17,18)15(21)20(14)12-6-4-11(19)5-7-12/h2-9,14H,1H3. The number of β-lactam (4-membered cyclic amide) rings is 1. The fraction of sp³-hybridized carbons (Fsp3) is 0.188. The van der Waals surface area contributed by atoms with Crippen LogP contribution in [0.5, 0.6) is 5.75 Å². The van der Waals surface area contributed by atoms with Crippen LogP contribution in [0.4, 0.5) is 10.1 Å². The number of ether oxygens (including phenoxy) is 1. The fourth-order valence-corrected chi connectivity index (χ4v) is 3.13. The molecule has 1 fully saturated rings. The molecule has 3 nitrogen and oxygen atoms in total. The summed E-state index contributed by atoms with van der Waals surface area (Å²) in [7, 11) is 1.57. The number of hydrogen-bond acceptors (Lipinski definition) is 2. The number of benzene rings is 2. The van der Waals surface area contributed by atoms with Gasteiger partial charge in [0.2, 0.25) is 4.33 Å². The number of hydrogen-bond donors (Lipinski definition) is 0. The molecule has 1 atom stereocenters. The first kappa shape index (κ1) is 15.1. The van der Waals surface area contributed by atoms with Crippen LogP contribution < -0.4 is 9.64 Å². The number of anilines is 1. The zero-order valence-corrected chi connectivity index (χ0v) is 13.1. The van der Waals surface area contributed by atoms with E-state index in [1.807, 2.05) is 0 Å². The van der Waals surface area contributed by atoms with Crippen molar-refractivity contribution in [1.82, 2.24) is 0 Å². The van der Waals surface area contributed by atoms with Gasteiger partial charge in [0.15, 0.2) is 0 Å². The molecule has 3 rings (SSSR count). The molecule has 0 N–H and O–H groups in total.